The Labute approximate surface area is 133 Å². The van der Waals surface area contributed by atoms with E-state index in [9.17, 15) is 18.4 Å². The molecule has 0 bridgehead atoms. The van der Waals surface area contributed by atoms with Crippen LogP contribution in [0.15, 0.2) is 24.3 Å². The van der Waals surface area contributed by atoms with Gasteiger partial charge in [0, 0.05) is 12.1 Å². The van der Waals surface area contributed by atoms with E-state index in [4.69, 9.17) is 0 Å². The third kappa shape index (κ3) is 8.10. The highest BCUT2D eigenvalue weighted by atomic mass is 19.3. The van der Waals surface area contributed by atoms with Crippen LogP contribution in [0.5, 0.6) is 5.75 Å². The first-order chi connectivity index (χ1) is 10.9. The van der Waals surface area contributed by atoms with Crippen molar-refractivity contribution in [1.29, 1.82) is 0 Å². The number of benzene rings is 1. The van der Waals surface area contributed by atoms with Crippen LogP contribution in [0.1, 0.15) is 12.5 Å². The lowest BCUT2D eigenvalue weighted by Gasteiger charge is -2.14. The van der Waals surface area contributed by atoms with Gasteiger partial charge in [0.1, 0.15) is 12.3 Å². The molecule has 8 heteroatoms. The summed E-state index contributed by atoms with van der Waals surface area (Å²) in [5.74, 6) is -0.361. The van der Waals surface area contributed by atoms with Gasteiger partial charge in [-0.05, 0) is 31.2 Å². The van der Waals surface area contributed by atoms with Crippen LogP contribution in [-0.4, -0.2) is 45.1 Å². The molecular weight excluding hydrogens is 308 g/mol. The lowest BCUT2D eigenvalue weighted by Crippen LogP contribution is -3.08. The highest BCUT2D eigenvalue weighted by Crippen LogP contribution is 2.14. The molecule has 0 spiro atoms. The van der Waals surface area contributed by atoms with Crippen LogP contribution in [-0.2, 0) is 16.1 Å². The summed E-state index contributed by atoms with van der Waals surface area (Å²) in [7, 11) is 1.83. The van der Waals surface area contributed by atoms with Crippen molar-refractivity contribution in [2.45, 2.75) is 20.1 Å². The smallest absolute Gasteiger partial charge is 0.387 e. The molecule has 0 aliphatic heterocycles. The lowest BCUT2D eigenvalue weighted by molar-refractivity contribution is -0.885. The number of hydrogen-bond acceptors (Lipinski definition) is 3. The molecule has 1 atom stereocenters. The summed E-state index contributed by atoms with van der Waals surface area (Å²) < 4.78 is 28.4. The molecule has 0 heterocycles. The monoisotopic (exact) mass is 330 g/mol. The number of hydrogen-bond donors (Lipinski definition) is 3. The molecule has 0 aliphatic carbocycles. The van der Waals surface area contributed by atoms with Gasteiger partial charge in [-0.15, -0.1) is 0 Å². The highest BCUT2D eigenvalue weighted by molar-refractivity contribution is 5.84. The van der Waals surface area contributed by atoms with Crippen LogP contribution < -0.4 is 20.3 Å². The van der Waals surface area contributed by atoms with Gasteiger partial charge in [-0.3, -0.25) is 9.59 Å². The Bertz CT molecular complexity index is 509. The number of nitrogens with one attached hydrogen (secondary N) is 3. The van der Waals surface area contributed by atoms with Gasteiger partial charge in [0.05, 0.1) is 13.6 Å². The first-order valence-corrected chi connectivity index (χ1v) is 7.29. The molecule has 0 aliphatic rings. The van der Waals surface area contributed by atoms with Gasteiger partial charge >= 0.3 is 6.61 Å². The van der Waals surface area contributed by atoms with Crippen molar-refractivity contribution >= 4 is 11.8 Å². The molecule has 0 saturated heterocycles. The van der Waals surface area contributed by atoms with Gasteiger partial charge < -0.3 is 20.3 Å². The normalized spacial score (nSPS) is 11.9. The molecule has 128 valence electrons. The fourth-order valence-corrected chi connectivity index (χ4v) is 1.97. The average Bonchev–Trinajstić information content (AvgIpc) is 2.47. The van der Waals surface area contributed by atoms with Crippen LogP contribution in [0.4, 0.5) is 8.78 Å². The molecule has 0 saturated carbocycles. The van der Waals surface area contributed by atoms with Gasteiger partial charge in [-0.1, -0.05) is 0 Å². The van der Waals surface area contributed by atoms with Gasteiger partial charge in [0.2, 0.25) is 5.91 Å². The topological polar surface area (TPSA) is 71.9 Å². The van der Waals surface area contributed by atoms with E-state index in [1.165, 1.54) is 12.1 Å². The average molecular weight is 330 g/mol. The van der Waals surface area contributed by atoms with E-state index < -0.39 is 6.61 Å². The zero-order chi connectivity index (χ0) is 17.2. The Morgan fingerprint density at radius 1 is 1.17 bits per heavy atom. The van der Waals surface area contributed by atoms with E-state index in [1.807, 2.05) is 7.05 Å². The summed E-state index contributed by atoms with van der Waals surface area (Å²) in [6, 6.07) is 6.27. The number of likely N-dealkylation sites (N-methyl/N-ethyl adjacent to an activating group) is 2. The Kier molecular flexibility index (Phi) is 7.96. The number of carbonyl (C=O) groups is 2. The SMILES string of the molecule is CCNC(=O)CNC(=O)C[NH+](C)Cc1ccc(OC(F)F)cc1. The van der Waals surface area contributed by atoms with Crippen LogP contribution in [0.3, 0.4) is 0 Å². The summed E-state index contributed by atoms with van der Waals surface area (Å²) in [5.41, 5.74) is 0.889. The molecule has 6 nitrogen and oxygen atoms in total. The maximum Gasteiger partial charge on any atom is 0.387 e. The molecule has 3 N–H and O–H groups in total. The van der Waals surface area contributed by atoms with Gasteiger partial charge in [-0.2, -0.15) is 8.78 Å². The molecule has 1 aromatic carbocycles. The molecule has 1 unspecified atom stereocenters. The van der Waals surface area contributed by atoms with E-state index in [1.54, 1.807) is 19.1 Å². The quantitative estimate of drug-likeness (QED) is 0.575. The molecule has 1 aromatic rings. The first kappa shape index (κ1) is 18.8. The van der Waals surface area contributed by atoms with Gasteiger partial charge in [-0.25, -0.2) is 0 Å². The van der Waals surface area contributed by atoms with Crippen molar-refractivity contribution in [3.63, 3.8) is 0 Å². The number of ether oxygens (including phenoxy) is 1. The number of halogens is 2. The molecule has 1 rings (SSSR count). The van der Waals surface area contributed by atoms with Crippen molar-refractivity contribution in [3.05, 3.63) is 29.8 Å². The standard InChI is InChI=1S/C15H21F2N3O3/c1-3-18-13(21)8-19-14(22)10-20(2)9-11-4-6-12(7-5-11)23-15(16)17/h4-7,15H,3,8-10H2,1-2H3,(H,18,21)(H,19,22)/p+1. The van der Waals surface area contributed by atoms with Crippen molar-refractivity contribution in [2.24, 2.45) is 0 Å². The molecule has 0 radical (unpaired) electrons. The van der Waals surface area contributed by atoms with Crippen molar-refractivity contribution in [2.75, 3.05) is 26.7 Å². The minimum absolute atomic E-state index is 0.0420. The van der Waals surface area contributed by atoms with Crippen molar-refractivity contribution in [3.8, 4) is 5.75 Å². The predicted octanol–water partition coefficient (Wildman–Crippen LogP) is -0.445. The number of carbonyl (C=O) groups excluding carboxylic acids is 2. The lowest BCUT2D eigenvalue weighted by atomic mass is 10.2. The molecule has 0 aromatic heterocycles. The second-order valence-corrected chi connectivity index (χ2v) is 5.06. The predicted molar refractivity (Wildman–Crippen MR) is 80.2 cm³/mol. The largest absolute Gasteiger partial charge is 0.435 e. The van der Waals surface area contributed by atoms with Crippen LogP contribution >= 0.6 is 0 Å². The van der Waals surface area contributed by atoms with Crippen molar-refractivity contribution in [1.82, 2.24) is 10.6 Å². The molecular formula is C15H22F2N3O3+. The summed E-state index contributed by atoms with van der Waals surface area (Å²) in [4.78, 5) is 23.9. The maximum atomic E-state index is 12.1. The van der Waals surface area contributed by atoms with E-state index in [0.717, 1.165) is 10.5 Å². The number of amides is 2. The number of quaternary nitrogens is 1. The Morgan fingerprint density at radius 2 is 1.83 bits per heavy atom. The second-order valence-electron chi connectivity index (χ2n) is 5.06. The van der Waals surface area contributed by atoms with E-state index in [0.29, 0.717) is 13.1 Å². The Morgan fingerprint density at radius 3 is 2.39 bits per heavy atom. The number of alkyl halides is 2. The van der Waals surface area contributed by atoms with Crippen molar-refractivity contribution < 1.29 is 28.0 Å². The van der Waals surface area contributed by atoms with E-state index >= 15 is 0 Å². The zero-order valence-electron chi connectivity index (χ0n) is 13.2. The van der Waals surface area contributed by atoms with Crippen LogP contribution in [0.25, 0.3) is 0 Å². The molecule has 23 heavy (non-hydrogen) atoms. The van der Waals surface area contributed by atoms with Crippen LogP contribution in [0.2, 0.25) is 0 Å². The Balaban J connectivity index is 2.36. The van der Waals surface area contributed by atoms with Crippen LogP contribution in [0, 0.1) is 0 Å². The Hall–Kier alpha value is -2.22. The van der Waals surface area contributed by atoms with E-state index in [2.05, 4.69) is 15.4 Å². The first-order valence-electron chi connectivity index (χ1n) is 7.29. The minimum Gasteiger partial charge on any atom is -0.435 e. The zero-order valence-corrected chi connectivity index (χ0v) is 13.2. The summed E-state index contributed by atoms with van der Waals surface area (Å²) >= 11 is 0. The summed E-state index contributed by atoms with van der Waals surface area (Å²) in [5, 5.41) is 5.13. The molecule has 0 fully saturated rings. The fourth-order valence-electron chi connectivity index (χ4n) is 1.97. The maximum absolute atomic E-state index is 12.1. The number of rotatable bonds is 9. The van der Waals surface area contributed by atoms with E-state index in [-0.39, 0.29) is 30.7 Å². The summed E-state index contributed by atoms with van der Waals surface area (Å²) in [6.07, 6.45) is 0. The fraction of sp³-hybridized carbons (Fsp3) is 0.467. The molecule has 2 amide bonds. The summed E-state index contributed by atoms with van der Waals surface area (Å²) in [6.45, 7) is 0.181. The second kappa shape index (κ2) is 9.73. The highest BCUT2D eigenvalue weighted by Gasteiger charge is 2.12. The van der Waals surface area contributed by atoms with Gasteiger partial charge in [0.25, 0.3) is 5.91 Å². The third-order valence-electron chi connectivity index (χ3n) is 2.94. The van der Waals surface area contributed by atoms with Gasteiger partial charge in [0.15, 0.2) is 6.54 Å². The minimum atomic E-state index is -2.84. The third-order valence-corrected chi connectivity index (χ3v) is 2.94.